The second-order valence-electron chi connectivity index (χ2n) is 5.22. The number of benzene rings is 2. The highest BCUT2D eigenvalue weighted by atomic mass is 16.5. The van der Waals surface area contributed by atoms with Crippen LogP contribution in [0.5, 0.6) is 11.5 Å². The maximum absolute atomic E-state index is 11.5. The van der Waals surface area contributed by atoms with E-state index in [1.54, 1.807) is 12.1 Å². The largest absolute Gasteiger partial charge is 0.507 e. The summed E-state index contributed by atoms with van der Waals surface area (Å²) < 4.78 is 10.4. The van der Waals surface area contributed by atoms with Gasteiger partial charge >= 0.3 is 5.97 Å². The minimum atomic E-state index is -0.571. The van der Waals surface area contributed by atoms with Crippen molar-refractivity contribution in [2.45, 2.75) is 13.8 Å². The average molecular weight is 315 g/mol. The third-order valence-electron chi connectivity index (χ3n) is 3.49. The molecule has 2 aromatic carbocycles. The van der Waals surface area contributed by atoms with Gasteiger partial charge in [0.25, 0.3) is 0 Å². The topological polar surface area (TPSA) is 67.8 Å². The van der Waals surface area contributed by atoms with Gasteiger partial charge in [0.1, 0.15) is 23.7 Å². The third kappa shape index (κ3) is 4.16. The number of aromatic hydroxyl groups is 1. The van der Waals surface area contributed by atoms with E-state index in [0.29, 0.717) is 18.8 Å². The Morgan fingerprint density at radius 2 is 1.87 bits per heavy atom. The SMILES string of the molecule is COC(=O)c1cc(NCCOc2c(C)cccc2C)ccc1O. The molecule has 2 rings (SSSR count). The van der Waals surface area contributed by atoms with E-state index in [4.69, 9.17) is 4.74 Å². The fourth-order valence-electron chi connectivity index (χ4n) is 2.29. The highest BCUT2D eigenvalue weighted by Crippen LogP contribution is 2.23. The number of rotatable bonds is 6. The molecular formula is C18H21NO4. The lowest BCUT2D eigenvalue weighted by molar-refractivity contribution is 0.0597. The lowest BCUT2D eigenvalue weighted by Crippen LogP contribution is -2.13. The van der Waals surface area contributed by atoms with Crippen LogP contribution >= 0.6 is 0 Å². The maximum atomic E-state index is 11.5. The van der Waals surface area contributed by atoms with Crippen molar-refractivity contribution >= 4 is 11.7 Å². The highest BCUT2D eigenvalue weighted by molar-refractivity contribution is 5.93. The van der Waals surface area contributed by atoms with Crippen LogP contribution < -0.4 is 10.1 Å². The van der Waals surface area contributed by atoms with E-state index < -0.39 is 5.97 Å². The first-order chi connectivity index (χ1) is 11.0. The van der Waals surface area contributed by atoms with Gasteiger partial charge in [0.2, 0.25) is 0 Å². The van der Waals surface area contributed by atoms with E-state index in [1.807, 2.05) is 32.0 Å². The van der Waals surface area contributed by atoms with Crippen LogP contribution in [-0.4, -0.2) is 31.3 Å². The van der Waals surface area contributed by atoms with Crippen LogP contribution in [-0.2, 0) is 4.74 Å². The molecule has 0 amide bonds. The van der Waals surface area contributed by atoms with Crippen LogP contribution in [0.25, 0.3) is 0 Å². The first-order valence-electron chi connectivity index (χ1n) is 7.37. The number of carbonyl (C=O) groups is 1. The molecule has 0 aliphatic rings. The van der Waals surface area contributed by atoms with E-state index in [9.17, 15) is 9.90 Å². The molecular weight excluding hydrogens is 294 g/mol. The number of hydrogen-bond donors (Lipinski definition) is 2. The number of ether oxygens (including phenoxy) is 2. The van der Waals surface area contributed by atoms with E-state index in [0.717, 1.165) is 16.9 Å². The number of esters is 1. The molecule has 0 aromatic heterocycles. The number of carbonyl (C=O) groups excluding carboxylic acids is 1. The van der Waals surface area contributed by atoms with Gasteiger partial charge < -0.3 is 19.9 Å². The fraction of sp³-hybridized carbons (Fsp3) is 0.278. The summed E-state index contributed by atoms with van der Waals surface area (Å²) in [6, 6.07) is 10.7. The van der Waals surface area contributed by atoms with E-state index in [1.165, 1.54) is 13.2 Å². The normalized spacial score (nSPS) is 10.2. The fourth-order valence-corrected chi connectivity index (χ4v) is 2.29. The second kappa shape index (κ2) is 7.54. The van der Waals surface area contributed by atoms with Crippen molar-refractivity contribution in [2.24, 2.45) is 0 Å². The number of hydrogen-bond acceptors (Lipinski definition) is 5. The van der Waals surface area contributed by atoms with Crippen LogP contribution in [0.3, 0.4) is 0 Å². The molecule has 0 saturated heterocycles. The Hall–Kier alpha value is -2.69. The van der Waals surface area contributed by atoms with Gasteiger partial charge in [0, 0.05) is 12.2 Å². The van der Waals surface area contributed by atoms with Crippen LogP contribution in [0.2, 0.25) is 0 Å². The van der Waals surface area contributed by atoms with E-state index >= 15 is 0 Å². The summed E-state index contributed by atoms with van der Waals surface area (Å²) in [6.45, 7) is 5.08. The zero-order valence-electron chi connectivity index (χ0n) is 13.6. The summed E-state index contributed by atoms with van der Waals surface area (Å²) in [5.74, 6) is 0.224. The monoisotopic (exact) mass is 315 g/mol. The standard InChI is InChI=1S/C18H21NO4/c1-12-5-4-6-13(2)17(12)23-10-9-19-14-7-8-16(20)15(11-14)18(21)22-3/h4-8,11,19-20H,9-10H2,1-3H3. The molecule has 0 heterocycles. The van der Waals surface area contributed by atoms with Crippen molar-refractivity contribution in [2.75, 3.05) is 25.6 Å². The summed E-state index contributed by atoms with van der Waals surface area (Å²) in [5.41, 5.74) is 3.05. The summed E-state index contributed by atoms with van der Waals surface area (Å²) >= 11 is 0. The molecule has 0 spiro atoms. The van der Waals surface area contributed by atoms with Crippen molar-refractivity contribution < 1.29 is 19.4 Å². The van der Waals surface area contributed by atoms with Gasteiger partial charge in [-0.15, -0.1) is 0 Å². The van der Waals surface area contributed by atoms with Gasteiger partial charge in [-0.3, -0.25) is 0 Å². The molecule has 0 radical (unpaired) electrons. The molecule has 0 fully saturated rings. The molecule has 0 atom stereocenters. The molecule has 0 aliphatic heterocycles. The molecule has 122 valence electrons. The van der Waals surface area contributed by atoms with Crippen molar-refractivity contribution in [3.05, 3.63) is 53.1 Å². The second-order valence-corrected chi connectivity index (χ2v) is 5.22. The predicted octanol–water partition coefficient (Wildman–Crippen LogP) is 3.29. The summed E-state index contributed by atoms with van der Waals surface area (Å²) in [7, 11) is 1.28. The summed E-state index contributed by atoms with van der Waals surface area (Å²) in [6.07, 6.45) is 0. The summed E-state index contributed by atoms with van der Waals surface area (Å²) in [4.78, 5) is 11.5. The van der Waals surface area contributed by atoms with Gasteiger partial charge in [-0.05, 0) is 43.2 Å². The van der Waals surface area contributed by atoms with Crippen molar-refractivity contribution in [3.63, 3.8) is 0 Å². The molecule has 0 saturated carbocycles. The Morgan fingerprint density at radius 3 is 2.52 bits per heavy atom. The molecule has 0 aliphatic carbocycles. The van der Waals surface area contributed by atoms with Gasteiger partial charge in [0.05, 0.1) is 7.11 Å². The first-order valence-corrected chi connectivity index (χ1v) is 7.37. The smallest absolute Gasteiger partial charge is 0.341 e. The third-order valence-corrected chi connectivity index (χ3v) is 3.49. The number of methoxy groups -OCH3 is 1. The van der Waals surface area contributed by atoms with Crippen LogP contribution in [0.1, 0.15) is 21.5 Å². The Balaban J connectivity index is 1.93. The van der Waals surface area contributed by atoms with E-state index in [2.05, 4.69) is 10.1 Å². The highest BCUT2D eigenvalue weighted by Gasteiger charge is 2.12. The lowest BCUT2D eigenvalue weighted by Gasteiger charge is -2.13. The van der Waals surface area contributed by atoms with Gasteiger partial charge in [-0.1, -0.05) is 18.2 Å². The minimum absolute atomic E-state index is 0.103. The number of phenols is 1. The zero-order valence-corrected chi connectivity index (χ0v) is 13.6. The van der Waals surface area contributed by atoms with Crippen molar-refractivity contribution in [1.82, 2.24) is 0 Å². The molecule has 0 bridgehead atoms. The number of nitrogens with one attached hydrogen (secondary N) is 1. The quantitative estimate of drug-likeness (QED) is 0.486. The Kier molecular flexibility index (Phi) is 5.46. The first kappa shape index (κ1) is 16.7. The Labute approximate surface area is 135 Å². The predicted molar refractivity (Wildman–Crippen MR) is 89.3 cm³/mol. The minimum Gasteiger partial charge on any atom is -0.507 e. The van der Waals surface area contributed by atoms with E-state index in [-0.39, 0.29) is 11.3 Å². The summed E-state index contributed by atoms with van der Waals surface area (Å²) in [5, 5.41) is 12.8. The number of phenolic OH excluding ortho intramolecular Hbond substituents is 1. The number of anilines is 1. The van der Waals surface area contributed by atoms with Crippen molar-refractivity contribution in [1.29, 1.82) is 0 Å². The zero-order chi connectivity index (χ0) is 16.8. The molecule has 5 heteroatoms. The molecule has 23 heavy (non-hydrogen) atoms. The van der Waals surface area contributed by atoms with Crippen LogP contribution in [0, 0.1) is 13.8 Å². The number of aryl methyl sites for hydroxylation is 2. The van der Waals surface area contributed by atoms with Crippen LogP contribution in [0.15, 0.2) is 36.4 Å². The average Bonchev–Trinajstić information content (AvgIpc) is 2.54. The molecule has 2 aromatic rings. The van der Waals surface area contributed by atoms with Crippen molar-refractivity contribution in [3.8, 4) is 11.5 Å². The number of para-hydroxylation sites is 1. The van der Waals surface area contributed by atoms with Gasteiger partial charge in [-0.25, -0.2) is 4.79 Å². The van der Waals surface area contributed by atoms with Gasteiger partial charge in [0.15, 0.2) is 0 Å². The lowest BCUT2D eigenvalue weighted by atomic mass is 10.1. The van der Waals surface area contributed by atoms with Crippen LogP contribution in [0.4, 0.5) is 5.69 Å². The maximum Gasteiger partial charge on any atom is 0.341 e. The van der Waals surface area contributed by atoms with Gasteiger partial charge in [-0.2, -0.15) is 0 Å². The molecule has 2 N–H and O–H groups in total. The Morgan fingerprint density at radius 1 is 1.17 bits per heavy atom. The Bertz CT molecular complexity index is 677. The molecule has 5 nitrogen and oxygen atoms in total. The molecule has 0 unspecified atom stereocenters.